The lowest BCUT2D eigenvalue weighted by Gasteiger charge is -2.24. The summed E-state index contributed by atoms with van der Waals surface area (Å²) in [4.78, 5) is 10.6. The maximum Gasteiger partial charge on any atom is 0.226 e. The van der Waals surface area contributed by atoms with E-state index >= 15 is 0 Å². The lowest BCUT2D eigenvalue weighted by Crippen LogP contribution is -2.33. The Hall–Kier alpha value is -1.50. The van der Waals surface area contributed by atoms with E-state index in [9.17, 15) is 0 Å². The number of anilines is 1. The van der Waals surface area contributed by atoms with Gasteiger partial charge in [0.25, 0.3) is 0 Å². The lowest BCUT2D eigenvalue weighted by molar-refractivity contribution is 0.318. The highest BCUT2D eigenvalue weighted by Gasteiger charge is 2.14. The SMILES string of the molecule is CSCC(C)N(C)c1nc(C)cc(/C(N)=N/O)n1. The molecule has 0 radical (unpaired) electrons. The summed E-state index contributed by atoms with van der Waals surface area (Å²) >= 11 is 1.77. The molecular weight excluding hydrogens is 250 g/mol. The van der Waals surface area contributed by atoms with E-state index in [1.165, 1.54) is 0 Å². The van der Waals surface area contributed by atoms with E-state index in [0.29, 0.717) is 17.7 Å². The summed E-state index contributed by atoms with van der Waals surface area (Å²) in [6.07, 6.45) is 2.06. The first-order valence-corrected chi connectivity index (χ1v) is 6.94. The molecule has 0 fully saturated rings. The van der Waals surface area contributed by atoms with Crippen molar-refractivity contribution in [2.24, 2.45) is 10.9 Å². The van der Waals surface area contributed by atoms with Crippen LogP contribution in [0.1, 0.15) is 18.3 Å². The first-order valence-electron chi connectivity index (χ1n) is 5.55. The molecule has 6 nitrogen and oxygen atoms in total. The van der Waals surface area contributed by atoms with Crippen molar-refractivity contribution in [3.63, 3.8) is 0 Å². The number of rotatable bonds is 5. The second kappa shape index (κ2) is 6.44. The average Bonchev–Trinajstić information content (AvgIpc) is 2.36. The molecule has 1 aromatic heterocycles. The second-order valence-corrected chi connectivity index (χ2v) is 5.01. The zero-order chi connectivity index (χ0) is 13.7. The van der Waals surface area contributed by atoms with Crippen LogP contribution in [0.4, 0.5) is 5.95 Å². The number of amidine groups is 1. The van der Waals surface area contributed by atoms with Crippen LogP contribution in [-0.2, 0) is 0 Å². The lowest BCUT2D eigenvalue weighted by atomic mass is 10.3. The molecule has 0 aliphatic heterocycles. The smallest absolute Gasteiger partial charge is 0.226 e. The highest BCUT2D eigenvalue weighted by Crippen LogP contribution is 2.13. The van der Waals surface area contributed by atoms with Gasteiger partial charge in [0.15, 0.2) is 5.84 Å². The Kier molecular flexibility index (Phi) is 5.21. The number of nitrogens with two attached hydrogens (primary N) is 1. The van der Waals surface area contributed by atoms with Crippen molar-refractivity contribution in [1.29, 1.82) is 0 Å². The van der Waals surface area contributed by atoms with Gasteiger partial charge in [0.05, 0.1) is 0 Å². The molecule has 0 aliphatic carbocycles. The number of hydrogen-bond donors (Lipinski definition) is 2. The molecule has 0 amide bonds. The van der Waals surface area contributed by atoms with Crippen molar-refractivity contribution in [3.05, 3.63) is 17.5 Å². The number of aromatic nitrogens is 2. The first-order chi connectivity index (χ1) is 8.49. The predicted octanol–water partition coefficient (Wildman–Crippen LogP) is 1.07. The van der Waals surface area contributed by atoms with Gasteiger partial charge < -0.3 is 15.8 Å². The molecular formula is C11H19N5OS. The molecule has 0 spiro atoms. The molecule has 18 heavy (non-hydrogen) atoms. The van der Waals surface area contributed by atoms with Gasteiger partial charge in [0.1, 0.15) is 5.69 Å². The van der Waals surface area contributed by atoms with Crippen molar-refractivity contribution < 1.29 is 5.21 Å². The van der Waals surface area contributed by atoms with Crippen LogP contribution >= 0.6 is 11.8 Å². The Morgan fingerprint density at radius 2 is 2.28 bits per heavy atom. The fraction of sp³-hybridized carbons (Fsp3) is 0.545. The summed E-state index contributed by atoms with van der Waals surface area (Å²) in [5.41, 5.74) is 6.77. The maximum absolute atomic E-state index is 8.69. The number of nitrogens with zero attached hydrogens (tertiary/aromatic N) is 4. The minimum atomic E-state index is -0.00679. The van der Waals surface area contributed by atoms with Crippen LogP contribution in [0.3, 0.4) is 0 Å². The van der Waals surface area contributed by atoms with Crippen LogP contribution < -0.4 is 10.6 Å². The summed E-state index contributed by atoms with van der Waals surface area (Å²) in [5.74, 6) is 1.55. The number of hydrogen-bond acceptors (Lipinski definition) is 6. The van der Waals surface area contributed by atoms with E-state index in [1.807, 2.05) is 18.9 Å². The van der Waals surface area contributed by atoms with E-state index in [4.69, 9.17) is 10.9 Å². The fourth-order valence-electron chi connectivity index (χ4n) is 1.44. The van der Waals surface area contributed by atoms with Gasteiger partial charge >= 0.3 is 0 Å². The van der Waals surface area contributed by atoms with Crippen LogP contribution in [0.2, 0.25) is 0 Å². The van der Waals surface area contributed by atoms with Gasteiger partial charge in [0.2, 0.25) is 5.95 Å². The standard InChI is InChI=1S/C11H19N5OS/c1-7-5-9(10(12)15-17)14-11(13-7)16(3)8(2)6-18-4/h5,8,17H,6H2,1-4H3,(H2,12,15). The third-order valence-electron chi connectivity index (χ3n) is 2.60. The quantitative estimate of drug-likeness (QED) is 0.360. The topological polar surface area (TPSA) is 87.6 Å². The minimum Gasteiger partial charge on any atom is -0.409 e. The molecule has 3 N–H and O–H groups in total. The van der Waals surface area contributed by atoms with Crippen LogP contribution in [0.5, 0.6) is 0 Å². The fourth-order valence-corrected chi connectivity index (χ4v) is 2.15. The van der Waals surface area contributed by atoms with E-state index in [0.717, 1.165) is 11.4 Å². The van der Waals surface area contributed by atoms with Crippen LogP contribution in [0, 0.1) is 6.92 Å². The van der Waals surface area contributed by atoms with Gasteiger partial charge in [0, 0.05) is 24.5 Å². The molecule has 0 saturated carbocycles. The molecule has 1 atom stereocenters. The molecule has 7 heteroatoms. The zero-order valence-electron chi connectivity index (χ0n) is 11.1. The van der Waals surface area contributed by atoms with E-state index in [-0.39, 0.29) is 5.84 Å². The molecule has 100 valence electrons. The third kappa shape index (κ3) is 3.49. The second-order valence-electron chi connectivity index (χ2n) is 4.10. The normalized spacial score (nSPS) is 13.4. The van der Waals surface area contributed by atoms with Crippen LogP contribution in [0.15, 0.2) is 11.2 Å². The monoisotopic (exact) mass is 269 g/mol. The Labute approximate surface area is 111 Å². The van der Waals surface area contributed by atoms with Gasteiger partial charge in [-0.05, 0) is 26.2 Å². The van der Waals surface area contributed by atoms with E-state index in [1.54, 1.807) is 17.8 Å². The van der Waals surface area contributed by atoms with Crippen molar-refractivity contribution in [1.82, 2.24) is 9.97 Å². The predicted molar refractivity (Wildman–Crippen MR) is 75.5 cm³/mol. The van der Waals surface area contributed by atoms with Crippen molar-refractivity contribution >= 4 is 23.5 Å². The van der Waals surface area contributed by atoms with Gasteiger partial charge in [-0.3, -0.25) is 0 Å². The Bertz CT molecular complexity index is 437. The van der Waals surface area contributed by atoms with Gasteiger partial charge in [-0.2, -0.15) is 11.8 Å². The summed E-state index contributed by atoms with van der Waals surface area (Å²) in [5, 5.41) is 11.7. The Morgan fingerprint density at radius 1 is 1.61 bits per heavy atom. The van der Waals surface area contributed by atoms with Crippen molar-refractivity contribution in [3.8, 4) is 0 Å². The Morgan fingerprint density at radius 3 is 2.83 bits per heavy atom. The molecule has 1 rings (SSSR count). The van der Waals surface area contributed by atoms with Crippen molar-refractivity contribution in [2.45, 2.75) is 19.9 Å². The molecule has 0 saturated heterocycles. The van der Waals surface area contributed by atoms with E-state index < -0.39 is 0 Å². The maximum atomic E-state index is 8.69. The molecule has 1 unspecified atom stereocenters. The van der Waals surface area contributed by atoms with Gasteiger partial charge in [-0.1, -0.05) is 5.16 Å². The van der Waals surface area contributed by atoms with E-state index in [2.05, 4.69) is 28.3 Å². The summed E-state index contributed by atoms with van der Waals surface area (Å²) in [7, 11) is 1.94. The van der Waals surface area contributed by atoms with Gasteiger partial charge in [-0.15, -0.1) is 0 Å². The third-order valence-corrected chi connectivity index (χ3v) is 3.41. The zero-order valence-corrected chi connectivity index (χ0v) is 11.9. The van der Waals surface area contributed by atoms with Crippen LogP contribution in [0.25, 0.3) is 0 Å². The number of oxime groups is 1. The van der Waals surface area contributed by atoms with Crippen molar-refractivity contribution in [2.75, 3.05) is 24.0 Å². The summed E-state index contributed by atoms with van der Waals surface area (Å²) in [6, 6.07) is 1.99. The minimum absolute atomic E-state index is 0.00679. The molecule has 1 heterocycles. The largest absolute Gasteiger partial charge is 0.409 e. The highest BCUT2D eigenvalue weighted by atomic mass is 32.2. The van der Waals surface area contributed by atoms with Crippen LogP contribution in [-0.4, -0.2) is 46.1 Å². The molecule has 1 aromatic rings. The summed E-state index contributed by atoms with van der Waals surface area (Å²) in [6.45, 7) is 3.96. The first kappa shape index (κ1) is 14.6. The average molecular weight is 269 g/mol. The molecule has 0 aliphatic rings. The number of aryl methyl sites for hydroxylation is 1. The summed E-state index contributed by atoms with van der Waals surface area (Å²) < 4.78 is 0. The number of thioether (sulfide) groups is 1. The van der Waals surface area contributed by atoms with Gasteiger partial charge in [-0.25, -0.2) is 9.97 Å². The molecule has 0 aromatic carbocycles. The molecule has 0 bridgehead atoms. The highest BCUT2D eigenvalue weighted by molar-refractivity contribution is 7.98. The Balaban J connectivity index is 3.06.